The number of thiazole rings is 1. The Morgan fingerprint density at radius 3 is 2.78 bits per heavy atom. The Balaban J connectivity index is 1.69. The van der Waals surface area contributed by atoms with Gasteiger partial charge in [0.05, 0.1) is 17.2 Å². The Morgan fingerprint density at radius 1 is 1.30 bits per heavy atom. The average Bonchev–Trinajstić information content (AvgIpc) is 3.26. The first-order chi connectivity index (χ1) is 13.0. The Morgan fingerprint density at radius 2 is 2.07 bits per heavy atom. The molecule has 1 saturated heterocycles. The first kappa shape index (κ1) is 17.8. The molecule has 1 amide bonds. The second-order valence-electron chi connectivity index (χ2n) is 6.75. The predicted octanol–water partition coefficient (Wildman–Crippen LogP) is 2.77. The van der Waals surface area contributed by atoms with Gasteiger partial charge in [0.2, 0.25) is 5.95 Å². The molecule has 8 heteroatoms. The van der Waals surface area contributed by atoms with Crippen molar-refractivity contribution in [1.29, 1.82) is 0 Å². The Bertz CT molecular complexity index is 975. The van der Waals surface area contributed by atoms with E-state index in [9.17, 15) is 9.90 Å². The van der Waals surface area contributed by atoms with E-state index in [4.69, 9.17) is 0 Å². The number of nitrogens with one attached hydrogen (secondary N) is 1. The van der Waals surface area contributed by atoms with Crippen LogP contribution in [0.3, 0.4) is 0 Å². The minimum atomic E-state index is -0.467. The number of anilines is 1. The number of hydrogen-bond donors (Lipinski definition) is 2. The molecule has 0 saturated carbocycles. The molecular weight excluding hydrogens is 362 g/mol. The van der Waals surface area contributed by atoms with Gasteiger partial charge in [-0.3, -0.25) is 4.79 Å². The standard InChI is InChI=1S/C19H21N5O2S/c1-11(13-6-4-3-5-7-13)20-19-22-15(16-17(23-19)21-12(2)27-16)18(26)24-9-8-14(25)10-24/h3-7,11,14,25H,8-10H2,1-2H3,(H,20,22,23)/t11-,14-/m0/s1. The fourth-order valence-corrected chi connectivity index (χ4v) is 4.07. The van der Waals surface area contributed by atoms with Crippen molar-refractivity contribution in [2.24, 2.45) is 0 Å². The number of fused-ring (bicyclic) bond motifs is 1. The van der Waals surface area contributed by atoms with E-state index in [1.165, 1.54) is 11.3 Å². The van der Waals surface area contributed by atoms with Crippen LogP contribution in [0, 0.1) is 6.92 Å². The third-order valence-corrected chi connectivity index (χ3v) is 5.63. The summed E-state index contributed by atoms with van der Waals surface area (Å²) in [5.41, 5.74) is 1.98. The Hall–Kier alpha value is -2.58. The van der Waals surface area contributed by atoms with Gasteiger partial charge in [-0.15, -0.1) is 11.3 Å². The molecule has 4 rings (SSSR count). The van der Waals surface area contributed by atoms with E-state index in [0.29, 0.717) is 41.5 Å². The fourth-order valence-electron chi connectivity index (χ4n) is 3.23. The summed E-state index contributed by atoms with van der Waals surface area (Å²) in [5, 5.41) is 13.9. The number of hydrogen-bond acceptors (Lipinski definition) is 7. The summed E-state index contributed by atoms with van der Waals surface area (Å²) in [6.45, 7) is 4.78. The van der Waals surface area contributed by atoms with E-state index < -0.39 is 6.10 Å². The summed E-state index contributed by atoms with van der Waals surface area (Å²) in [7, 11) is 0. The smallest absolute Gasteiger partial charge is 0.274 e. The molecule has 0 aliphatic carbocycles. The maximum atomic E-state index is 13.0. The molecule has 0 radical (unpaired) electrons. The van der Waals surface area contributed by atoms with Gasteiger partial charge in [0.15, 0.2) is 11.3 Å². The molecule has 7 nitrogen and oxygen atoms in total. The minimum Gasteiger partial charge on any atom is -0.391 e. The second kappa shape index (κ2) is 7.21. The lowest BCUT2D eigenvalue weighted by Crippen LogP contribution is -2.30. The predicted molar refractivity (Wildman–Crippen MR) is 105 cm³/mol. The number of rotatable bonds is 4. The van der Waals surface area contributed by atoms with Crippen molar-refractivity contribution in [3.05, 3.63) is 46.6 Å². The summed E-state index contributed by atoms with van der Waals surface area (Å²) in [6.07, 6.45) is 0.128. The van der Waals surface area contributed by atoms with Crippen molar-refractivity contribution >= 4 is 33.5 Å². The van der Waals surface area contributed by atoms with Crippen LogP contribution in [-0.2, 0) is 0 Å². The van der Waals surface area contributed by atoms with Crippen molar-refractivity contribution in [2.45, 2.75) is 32.4 Å². The fraction of sp³-hybridized carbons (Fsp3) is 0.368. The number of aliphatic hydroxyl groups is 1. The lowest BCUT2D eigenvalue weighted by atomic mass is 10.1. The molecule has 3 aromatic rings. The van der Waals surface area contributed by atoms with Crippen molar-refractivity contribution in [1.82, 2.24) is 19.9 Å². The van der Waals surface area contributed by atoms with Gasteiger partial charge in [0.25, 0.3) is 5.91 Å². The van der Waals surface area contributed by atoms with Crippen molar-refractivity contribution in [3.63, 3.8) is 0 Å². The molecule has 2 atom stereocenters. The maximum absolute atomic E-state index is 13.0. The molecule has 0 bridgehead atoms. The quantitative estimate of drug-likeness (QED) is 0.720. The zero-order valence-electron chi connectivity index (χ0n) is 15.2. The second-order valence-corrected chi connectivity index (χ2v) is 7.96. The molecular formula is C19H21N5O2S. The maximum Gasteiger partial charge on any atom is 0.274 e. The van der Waals surface area contributed by atoms with E-state index in [1.807, 2.05) is 44.2 Å². The SMILES string of the molecule is Cc1nc2nc(N[C@@H](C)c3ccccc3)nc(C(=O)N3CC[C@H](O)C3)c2s1. The zero-order chi connectivity index (χ0) is 19.0. The van der Waals surface area contributed by atoms with Crippen molar-refractivity contribution < 1.29 is 9.90 Å². The van der Waals surface area contributed by atoms with Crippen molar-refractivity contribution in [2.75, 3.05) is 18.4 Å². The third-order valence-electron chi connectivity index (χ3n) is 4.66. The largest absolute Gasteiger partial charge is 0.391 e. The van der Waals surface area contributed by atoms with Gasteiger partial charge in [-0.1, -0.05) is 30.3 Å². The molecule has 3 heterocycles. The highest BCUT2D eigenvalue weighted by Crippen LogP contribution is 2.27. The highest BCUT2D eigenvalue weighted by Gasteiger charge is 2.29. The Kier molecular flexibility index (Phi) is 4.75. The highest BCUT2D eigenvalue weighted by molar-refractivity contribution is 7.18. The van der Waals surface area contributed by atoms with Crippen LogP contribution in [0.2, 0.25) is 0 Å². The van der Waals surface area contributed by atoms with Crippen LogP contribution in [0.15, 0.2) is 30.3 Å². The van der Waals surface area contributed by atoms with Gasteiger partial charge in [-0.2, -0.15) is 4.98 Å². The molecule has 2 N–H and O–H groups in total. The summed E-state index contributed by atoms with van der Waals surface area (Å²) in [6, 6.07) is 9.98. The number of aromatic nitrogens is 3. The van der Waals surface area contributed by atoms with Gasteiger partial charge < -0.3 is 15.3 Å². The lowest BCUT2D eigenvalue weighted by molar-refractivity contribution is 0.0761. The van der Waals surface area contributed by atoms with Crippen LogP contribution in [0.1, 0.15) is 40.4 Å². The molecule has 1 aliphatic rings. The number of benzene rings is 1. The number of aryl methyl sites for hydroxylation is 1. The summed E-state index contributed by atoms with van der Waals surface area (Å²) >= 11 is 1.42. The van der Waals surface area contributed by atoms with E-state index in [-0.39, 0.29) is 11.9 Å². The molecule has 27 heavy (non-hydrogen) atoms. The molecule has 2 aromatic heterocycles. The average molecular weight is 383 g/mol. The molecule has 0 unspecified atom stereocenters. The monoisotopic (exact) mass is 383 g/mol. The van der Waals surface area contributed by atoms with E-state index in [2.05, 4.69) is 20.3 Å². The number of β-amino-alcohol motifs (C(OH)–C–C–N with tert-alkyl or cyclic N) is 1. The lowest BCUT2D eigenvalue weighted by Gasteiger charge is -2.17. The topological polar surface area (TPSA) is 91.2 Å². The number of nitrogens with zero attached hydrogens (tertiary/aromatic N) is 4. The highest BCUT2D eigenvalue weighted by atomic mass is 32.1. The van der Waals surface area contributed by atoms with Gasteiger partial charge in [-0.25, -0.2) is 9.97 Å². The molecule has 1 aliphatic heterocycles. The van der Waals surface area contributed by atoms with E-state index >= 15 is 0 Å². The number of carbonyl (C=O) groups excluding carboxylic acids is 1. The van der Waals surface area contributed by atoms with Gasteiger partial charge in [0.1, 0.15) is 4.70 Å². The molecule has 1 fully saturated rings. The number of aliphatic hydroxyl groups excluding tert-OH is 1. The summed E-state index contributed by atoms with van der Waals surface area (Å²) in [5.74, 6) is 0.199. The van der Waals surface area contributed by atoms with Gasteiger partial charge >= 0.3 is 0 Å². The van der Waals surface area contributed by atoms with E-state index in [0.717, 1.165) is 10.6 Å². The van der Waals surface area contributed by atoms with Crippen LogP contribution in [0.5, 0.6) is 0 Å². The minimum absolute atomic E-state index is 0.0139. The van der Waals surface area contributed by atoms with Crippen LogP contribution in [-0.4, -0.2) is 50.1 Å². The van der Waals surface area contributed by atoms with E-state index in [1.54, 1.807) is 4.90 Å². The van der Waals surface area contributed by atoms with Gasteiger partial charge in [0, 0.05) is 13.1 Å². The molecule has 1 aromatic carbocycles. The molecule has 0 spiro atoms. The van der Waals surface area contributed by atoms with Crippen molar-refractivity contribution in [3.8, 4) is 0 Å². The normalized spacial score (nSPS) is 18.0. The number of likely N-dealkylation sites (tertiary alicyclic amines) is 1. The zero-order valence-corrected chi connectivity index (χ0v) is 16.0. The van der Waals surface area contributed by atoms with Crippen LogP contribution >= 0.6 is 11.3 Å². The number of carbonyl (C=O) groups is 1. The van der Waals surface area contributed by atoms with Crippen LogP contribution < -0.4 is 5.32 Å². The van der Waals surface area contributed by atoms with Crippen LogP contribution in [0.4, 0.5) is 5.95 Å². The molecule has 140 valence electrons. The first-order valence-electron chi connectivity index (χ1n) is 8.95. The first-order valence-corrected chi connectivity index (χ1v) is 9.77. The summed E-state index contributed by atoms with van der Waals surface area (Å²) < 4.78 is 0.691. The van der Waals surface area contributed by atoms with Gasteiger partial charge in [-0.05, 0) is 25.8 Å². The Labute approximate surface area is 161 Å². The third kappa shape index (κ3) is 3.63. The summed E-state index contributed by atoms with van der Waals surface area (Å²) in [4.78, 5) is 28.1. The van der Waals surface area contributed by atoms with Crippen LogP contribution in [0.25, 0.3) is 10.3 Å². The number of amides is 1.